The zero-order valence-electron chi connectivity index (χ0n) is 10.1. The molecule has 0 bridgehead atoms. The highest BCUT2D eigenvalue weighted by Gasteiger charge is 2.19. The predicted octanol–water partition coefficient (Wildman–Crippen LogP) is 1.88. The summed E-state index contributed by atoms with van der Waals surface area (Å²) in [6, 6.07) is 5.56. The van der Waals surface area contributed by atoms with E-state index < -0.39 is 0 Å². The summed E-state index contributed by atoms with van der Waals surface area (Å²) >= 11 is 0. The standard InChI is InChI=1S/C14H21N/c1-10-7-12(3)13(8-11(10)2)9-14-5-4-6-15-14/h7-8,14-15H,4-6,9H2,1-3H3/p+1/t14-/m1/s1. The molecule has 1 atom stereocenters. The highest BCUT2D eigenvalue weighted by Crippen LogP contribution is 2.17. The summed E-state index contributed by atoms with van der Waals surface area (Å²) in [5.74, 6) is 0. The third-order valence-corrected chi connectivity index (χ3v) is 3.71. The van der Waals surface area contributed by atoms with Crippen LogP contribution in [-0.4, -0.2) is 12.6 Å². The maximum atomic E-state index is 2.51. The van der Waals surface area contributed by atoms with Gasteiger partial charge < -0.3 is 5.32 Å². The van der Waals surface area contributed by atoms with Crippen LogP contribution in [0.2, 0.25) is 0 Å². The van der Waals surface area contributed by atoms with Crippen molar-refractivity contribution in [3.8, 4) is 0 Å². The van der Waals surface area contributed by atoms with Gasteiger partial charge in [-0.15, -0.1) is 0 Å². The van der Waals surface area contributed by atoms with Gasteiger partial charge in [-0.05, 0) is 43.0 Å². The molecule has 1 aliphatic heterocycles. The van der Waals surface area contributed by atoms with Gasteiger partial charge >= 0.3 is 0 Å². The molecule has 1 saturated heterocycles. The lowest BCUT2D eigenvalue weighted by molar-refractivity contribution is -0.669. The first kappa shape index (κ1) is 10.7. The molecule has 15 heavy (non-hydrogen) atoms. The van der Waals surface area contributed by atoms with Crippen LogP contribution in [-0.2, 0) is 6.42 Å². The Hall–Kier alpha value is -0.820. The molecule has 0 amide bonds. The van der Waals surface area contributed by atoms with E-state index in [1.54, 1.807) is 5.56 Å². The van der Waals surface area contributed by atoms with Crippen molar-refractivity contribution in [3.05, 3.63) is 34.4 Å². The Morgan fingerprint density at radius 1 is 1.13 bits per heavy atom. The van der Waals surface area contributed by atoms with Gasteiger partial charge in [-0.25, -0.2) is 0 Å². The smallest absolute Gasteiger partial charge is 0.0902 e. The van der Waals surface area contributed by atoms with Crippen molar-refractivity contribution >= 4 is 0 Å². The van der Waals surface area contributed by atoms with Crippen molar-refractivity contribution in [2.24, 2.45) is 0 Å². The van der Waals surface area contributed by atoms with E-state index in [4.69, 9.17) is 0 Å². The summed E-state index contributed by atoms with van der Waals surface area (Å²) < 4.78 is 0. The van der Waals surface area contributed by atoms with Crippen LogP contribution in [0.4, 0.5) is 0 Å². The lowest BCUT2D eigenvalue weighted by Crippen LogP contribution is -2.87. The zero-order valence-corrected chi connectivity index (χ0v) is 10.1. The maximum absolute atomic E-state index is 2.51. The quantitative estimate of drug-likeness (QED) is 0.757. The van der Waals surface area contributed by atoms with Crippen LogP contribution in [0, 0.1) is 20.8 Å². The molecule has 0 unspecified atom stereocenters. The number of hydrogen-bond donors (Lipinski definition) is 1. The van der Waals surface area contributed by atoms with Gasteiger partial charge in [0.15, 0.2) is 0 Å². The Balaban J connectivity index is 2.16. The van der Waals surface area contributed by atoms with Crippen molar-refractivity contribution < 1.29 is 5.32 Å². The summed E-state index contributed by atoms with van der Waals surface area (Å²) in [5, 5.41) is 2.51. The van der Waals surface area contributed by atoms with Crippen LogP contribution >= 0.6 is 0 Å². The van der Waals surface area contributed by atoms with Crippen LogP contribution < -0.4 is 5.32 Å². The van der Waals surface area contributed by atoms with Crippen LogP contribution in [0.5, 0.6) is 0 Å². The maximum Gasteiger partial charge on any atom is 0.0902 e. The number of quaternary nitrogens is 1. The number of nitrogens with two attached hydrogens (primary N) is 1. The second kappa shape index (κ2) is 4.36. The molecule has 1 aliphatic rings. The monoisotopic (exact) mass is 204 g/mol. The van der Waals surface area contributed by atoms with E-state index in [1.807, 2.05) is 0 Å². The molecule has 1 heteroatoms. The van der Waals surface area contributed by atoms with Crippen LogP contribution in [0.1, 0.15) is 35.1 Å². The third-order valence-electron chi connectivity index (χ3n) is 3.71. The second-order valence-electron chi connectivity index (χ2n) is 4.99. The molecule has 1 nitrogen and oxygen atoms in total. The number of hydrogen-bond acceptors (Lipinski definition) is 0. The summed E-state index contributed by atoms with van der Waals surface area (Å²) in [5.41, 5.74) is 5.89. The van der Waals surface area contributed by atoms with Gasteiger partial charge in [-0.2, -0.15) is 0 Å². The summed E-state index contributed by atoms with van der Waals surface area (Å²) in [7, 11) is 0. The highest BCUT2D eigenvalue weighted by atomic mass is 14.9. The molecule has 2 rings (SSSR count). The van der Waals surface area contributed by atoms with Crippen molar-refractivity contribution in [2.45, 2.75) is 46.1 Å². The Morgan fingerprint density at radius 3 is 2.53 bits per heavy atom. The normalized spacial score (nSPS) is 20.9. The highest BCUT2D eigenvalue weighted by molar-refractivity contribution is 5.36. The lowest BCUT2D eigenvalue weighted by atomic mass is 9.95. The molecule has 2 N–H and O–H groups in total. The average molecular weight is 204 g/mol. The van der Waals surface area contributed by atoms with Crippen LogP contribution in [0.25, 0.3) is 0 Å². The van der Waals surface area contributed by atoms with Crippen LogP contribution in [0.15, 0.2) is 12.1 Å². The fourth-order valence-electron chi connectivity index (χ4n) is 2.56. The van der Waals surface area contributed by atoms with E-state index in [1.165, 1.54) is 42.5 Å². The van der Waals surface area contributed by atoms with E-state index in [9.17, 15) is 0 Å². The number of benzene rings is 1. The fourth-order valence-corrected chi connectivity index (χ4v) is 2.56. The van der Waals surface area contributed by atoms with Crippen molar-refractivity contribution in [3.63, 3.8) is 0 Å². The lowest BCUT2D eigenvalue weighted by Gasteiger charge is -2.12. The topological polar surface area (TPSA) is 16.6 Å². The minimum absolute atomic E-state index is 0.839. The van der Waals surface area contributed by atoms with Gasteiger partial charge in [0, 0.05) is 19.3 Å². The minimum atomic E-state index is 0.839. The summed E-state index contributed by atoms with van der Waals surface area (Å²) in [6.45, 7) is 8.00. The van der Waals surface area contributed by atoms with E-state index >= 15 is 0 Å². The molecular weight excluding hydrogens is 182 g/mol. The SMILES string of the molecule is Cc1cc(C)c(C[C@H]2CCC[NH2+]2)cc1C. The molecule has 0 aromatic heterocycles. The molecule has 0 radical (unpaired) electrons. The zero-order chi connectivity index (χ0) is 10.8. The average Bonchev–Trinajstić information content (AvgIpc) is 2.67. The van der Waals surface area contributed by atoms with E-state index in [0.717, 1.165) is 6.04 Å². The van der Waals surface area contributed by atoms with Crippen molar-refractivity contribution in [1.82, 2.24) is 0 Å². The largest absolute Gasteiger partial charge is 0.344 e. The first-order chi connectivity index (χ1) is 7.16. The van der Waals surface area contributed by atoms with Gasteiger partial charge in [-0.3, -0.25) is 0 Å². The Labute approximate surface area is 92.9 Å². The molecule has 1 fully saturated rings. The fraction of sp³-hybridized carbons (Fsp3) is 0.571. The van der Waals surface area contributed by atoms with Crippen molar-refractivity contribution in [1.29, 1.82) is 0 Å². The van der Waals surface area contributed by atoms with E-state index in [-0.39, 0.29) is 0 Å². The van der Waals surface area contributed by atoms with Crippen molar-refractivity contribution in [2.75, 3.05) is 6.54 Å². The molecule has 0 spiro atoms. The first-order valence-electron chi connectivity index (χ1n) is 6.07. The molecule has 1 heterocycles. The summed E-state index contributed by atoms with van der Waals surface area (Å²) in [6.07, 6.45) is 4.05. The Kier molecular flexibility index (Phi) is 3.11. The minimum Gasteiger partial charge on any atom is -0.344 e. The van der Waals surface area contributed by atoms with E-state index in [2.05, 4.69) is 38.2 Å². The molecular formula is C14H22N+. The first-order valence-corrected chi connectivity index (χ1v) is 6.07. The molecule has 0 saturated carbocycles. The van der Waals surface area contributed by atoms with Crippen LogP contribution in [0.3, 0.4) is 0 Å². The molecule has 82 valence electrons. The van der Waals surface area contributed by atoms with Gasteiger partial charge in [-0.1, -0.05) is 12.1 Å². The molecule has 1 aromatic rings. The predicted molar refractivity (Wildman–Crippen MR) is 64.2 cm³/mol. The summed E-state index contributed by atoms with van der Waals surface area (Å²) in [4.78, 5) is 0. The van der Waals surface area contributed by atoms with Gasteiger partial charge in [0.25, 0.3) is 0 Å². The number of rotatable bonds is 2. The Bertz CT molecular complexity index is 349. The molecule has 1 aromatic carbocycles. The van der Waals surface area contributed by atoms with Gasteiger partial charge in [0.2, 0.25) is 0 Å². The number of aryl methyl sites for hydroxylation is 3. The molecule has 0 aliphatic carbocycles. The van der Waals surface area contributed by atoms with Gasteiger partial charge in [0.1, 0.15) is 0 Å². The second-order valence-corrected chi connectivity index (χ2v) is 4.99. The Morgan fingerprint density at radius 2 is 1.87 bits per heavy atom. The third kappa shape index (κ3) is 2.40. The van der Waals surface area contributed by atoms with Gasteiger partial charge in [0.05, 0.1) is 12.6 Å². The van der Waals surface area contributed by atoms with E-state index in [0.29, 0.717) is 0 Å².